The van der Waals surface area contributed by atoms with Gasteiger partial charge in [0.2, 0.25) is 5.92 Å². The van der Waals surface area contributed by atoms with Crippen LogP contribution in [-0.4, -0.2) is 18.0 Å². The molecule has 0 heterocycles. The van der Waals surface area contributed by atoms with Crippen molar-refractivity contribution < 1.29 is 30.7 Å². The molecule has 7 heteroatoms. The fourth-order valence-electron chi connectivity index (χ4n) is 0.518. The molecule has 0 aromatic heterocycles. The van der Waals surface area contributed by atoms with Crippen LogP contribution in [0.5, 0.6) is 0 Å². The Hall–Kier alpha value is -0.490. The molecule has 0 atom stereocenters. The normalized spacial score (nSPS) is 14.8. The monoisotopic (exact) mass is 212 g/mol. The van der Waals surface area contributed by atoms with Gasteiger partial charge in [-0.1, -0.05) is 0 Å². The summed E-state index contributed by atoms with van der Waals surface area (Å²) in [6, 6.07) is 0. The average Bonchev–Trinajstić information content (AvgIpc) is 1.79. The first-order chi connectivity index (χ1) is 5.46. The number of hydrogen-bond acceptors (Lipinski definition) is 0. The van der Waals surface area contributed by atoms with E-state index in [9.17, 15) is 30.7 Å². The van der Waals surface area contributed by atoms with Crippen LogP contribution in [0.1, 0.15) is 19.8 Å². The molecule has 0 aromatic carbocycles. The lowest BCUT2D eigenvalue weighted by molar-refractivity contribution is -0.287. The molecule has 13 heavy (non-hydrogen) atoms. The largest absolute Gasteiger partial charge is 0.453 e. The third kappa shape index (κ3) is 4.33. The highest BCUT2D eigenvalue weighted by Crippen LogP contribution is 2.40. The minimum Gasteiger partial charge on any atom is -0.207 e. The first-order valence-electron chi connectivity index (χ1n) is 3.28. The Labute approximate surface area is 69.7 Å². The van der Waals surface area contributed by atoms with E-state index in [2.05, 4.69) is 0 Å². The van der Waals surface area contributed by atoms with E-state index in [1.165, 1.54) is 0 Å². The lowest BCUT2D eigenvalue weighted by Crippen LogP contribution is -2.37. The summed E-state index contributed by atoms with van der Waals surface area (Å²) in [5, 5.41) is 0. The first kappa shape index (κ1) is 12.5. The highest BCUT2D eigenvalue weighted by Gasteiger charge is 2.57. The average molecular weight is 212 g/mol. The molecule has 0 N–H and O–H groups in total. The summed E-state index contributed by atoms with van der Waals surface area (Å²) in [7, 11) is 0. The van der Waals surface area contributed by atoms with Gasteiger partial charge in [-0.05, 0) is 6.92 Å². The van der Waals surface area contributed by atoms with E-state index in [0.29, 0.717) is 6.92 Å². The van der Waals surface area contributed by atoms with Crippen LogP contribution in [-0.2, 0) is 0 Å². The fourth-order valence-corrected chi connectivity index (χ4v) is 0.518. The smallest absolute Gasteiger partial charge is 0.207 e. The Balaban J connectivity index is 4.21. The van der Waals surface area contributed by atoms with Crippen molar-refractivity contribution in [1.82, 2.24) is 0 Å². The topological polar surface area (TPSA) is 0 Å². The Morgan fingerprint density at radius 2 is 1.15 bits per heavy atom. The van der Waals surface area contributed by atoms with E-state index >= 15 is 0 Å². The van der Waals surface area contributed by atoms with Crippen molar-refractivity contribution in [1.29, 1.82) is 0 Å². The van der Waals surface area contributed by atoms with Crippen LogP contribution in [0.25, 0.3) is 0 Å². The summed E-state index contributed by atoms with van der Waals surface area (Å²) in [5.74, 6) is -8.54. The van der Waals surface area contributed by atoms with Gasteiger partial charge in [0, 0.05) is 12.8 Å². The zero-order chi connectivity index (χ0) is 10.9. The van der Waals surface area contributed by atoms with Gasteiger partial charge in [0.15, 0.2) is 0 Å². The summed E-state index contributed by atoms with van der Waals surface area (Å²) in [6.45, 7) is 0.291. The third-order valence-electron chi connectivity index (χ3n) is 1.29. The van der Waals surface area contributed by atoms with Crippen LogP contribution in [0.3, 0.4) is 0 Å². The molecule has 0 bridgehead atoms. The van der Waals surface area contributed by atoms with Crippen molar-refractivity contribution in [3.8, 4) is 0 Å². The Morgan fingerprint density at radius 1 is 0.769 bits per heavy atom. The molecule has 0 rings (SSSR count). The number of rotatable bonds is 3. The van der Waals surface area contributed by atoms with Gasteiger partial charge >= 0.3 is 12.1 Å². The molecule has 0 spiro atoms. The Morgan fingerprint density at radius 3 is 1.38 bits per heavy atom. The van der Waals surface area contributed by atoms with Crippen LogP contribution in [0.2, 0.25) is 0 Å². The maximum absolute atomic E-state index is 12.0. The lowest BCUT2D eigenvalue weighted by atomic mass is 10.1. The Kier molecular flexibility index (Phi) is 3.21. The summed E-state index contributed by atoms with van der Waals surface area (Å²) >= 11 is 0. The van der Waals surface area contributed by atoms with Gasteiger partial charge in [-0.2, -0.15) is 22.0 Å². The number of halogens is 7. The van der Waals surface area contributed by atoms with Gasteiger partial charge in [0.05, 0.1) is 0 Å². The molecule has 0 unspecified atom stereocenters. The maximum Gasteiger partial charge on any atom is 0.453 e. The van der Waals surface area contributed by atoms with Gasteiger partial charge in [-0.15, -0.1) is 0 Å². The summed E-state index contributed by atoms with van der Waals surface area (Å²) in [5.41, 5.74) is 0. The first-order valence-corrected chi connectivity index (χ1v) is 3.28. The van der Waals surface area contributed by atoms with E-state index < -0.39 is 30.9 Å². The number of hydrogen-bond donors (Lipinski definition) is 0. The second kappa shape index (κ2) is 3.34. The van der Waals surface area contributed by atoms with Crippen molar-refractivity contribution in [3.05, 3.63) is 0 Å². The molecule has 80 valence electrons. The predicted molar refractivity (Wildman–Crippen MR) is 30.9 cm³/mol. The zero-order valence-corrected chi connectivity index (χ0v) is 6.56. The molecule has 0 saturated heterocycles. The molecule has 0 amide bonds. The maximum atomic E-state index is 12.0. The van der Waals surface area contributed by atoms with Crippen molar-refractivity contribution >= 4 is 0 Å². The quantitative estimate of drug-likeness (QED) is 0.626. The molecule has 0 aliphatic rings. The second-order valence-corrected chi connectivity index (χ2v) is 2.77. The zero-order valence-electron chi connectivity index (χ0n) is 6.56. The SMILES string of the molecule is CC(F)(F)CCC(F)(F)C(F)(F)F. The van der Waals surface area contributed by atoms with Gasteiger partial charge in [0.25, 0.3) is 0 Å². The molecule has 0 aromatic rings. The highest BCUT2D eigenvalue weighted by molar-refractivity contribution is 4.77. The summed E-state index contributed by atoms with van der Waals surface area (Å²) in [4.78, 5) is 0. The van der Waals surface area contributed by atoms with E-state index in [1.54, 1.807) is 0 Å². The van der Waals surface area contributed by atoms with E-state index in [4.69, 9.17) is 0 Å². The molecular weight excluding hydrogens is 205 g/mol. The van der Waals surface area contributed by atoms with Crippen molar-refractivity contribution in [3.63, 3.8) is 0 Å². The van der Waals surface area contributed by atoms with Gasteiger partial charge in [0.1, 0.15) is 0 Å². The van der Waals surface area contributed by atoms with Crippen molar-refractivity contribution in [2.45, 2.75) is 37.8 Å². The van der Waals surface area contributed by atoms with Crippen LogP contribution >= 0.6 is 0 Å². The van der Waals surface area contributed by atoms with E-state index in [0.717, 1.165) is 0 Å². The minimum absolute atomic E-state index is 0.291. The number of alkyl halides is 7. The molecular formula is C6H7F7. The van der Waals surface area contributed by atoms with Crippen LogP contribution in [0, 0.1) is 0 Å². The molecule has 0 saturated carbocycles. The van der Waals surface area contributed by atoms with Crippen LogP contribution < -0.4 is 0 Å². The predicted octanol–water partition coefficient (Wildman–Crippen LogP) is 3.62. The van der Waals surface area contributed by atoms with Crippen LogP contribution in [0.4, 0.5) is 30.7 Å². The Bertz CT molecular complexity index is 163. The summed E-state index contributed by atoms with van der Waals surface area (Å²) in [6.07, 6.45) is -9.13. The molecule has 0 aliphatic carbocycles. The van der Waals surface area contributed by atoms with Crippen LogP contribution in [0.15, 0.2) is 0 Å². The molecule has 0 fully saturated rings. The highest BCUT2D eigenvalue weighted by atomic mass is 19.4. The van der Waals surface area contributed by atoms with E-state index in [-0.39, 0.29) is 0 Å². The lowest BCUT2D eigenvalue weighted by Gasteiger charge is -2.20. The second-order valence-electron chi connectivity index (χ2n) is 2.77. The molecule has 0 nitrogen and oxygen atoms in total. The van der Waals surface area contributed by atoms with Crippen molar-refractivity contribution in [2.24, 2.45) is 0 Å². The van der Waals surface area contributed by atoms with Gasteiger partial charge in [-0.25, -0.2) is 8.78 Å². The van der Waals surface area contributed by atoms with Crippen molar-refractivity contribution in [2.75, 3.05) is 0 Å². The van der Waals surface area contributed by atoms with Gasteiger partial charge < -0.3 is 0 Å². The molecule has 0 aliphatic heterocycles. The third-order valence-corrected chi connectivity index (χ3v) is 1.29. The fraction of sp³-hybridized carbons (Fsp3) is 1.00. The molecule has 0 radical (unpaired) electrons. The summed E-state index contributed by atoms with van der Waals surface area (Å²) < 4.78 is 82.1. The standard InChI is InChI=1S/C6H7F7/c1-4(7,8)2-3-5(9,10)6(11,12)13/h2-3H2,1H3. The van der Waals surface area contributed by atoms with E-state index in [1.807, 2.05) is 0 Å². The van der Waals surface area contributed by atoms with Gasteiger partial charge in [-0.3, -0.25) is 0 Å². The minimum atomic E-state index is -5.75.